The molecule has 19 heavy (non-hydrogen) atoms. The van der Waals surface area contributed by atoms with Crippen LogP contribution < -0.4 is 0 Å². The first kappa shape index (κ1) is 11.4. The van der Waals surface area contributed by atoms with Crippen molar-refractivity contribution in [2.75, 3.05) is 0 Å². The first-order chi connectivity index (χ1) is 9.05. The molecule has 0 radical (unpaired) electrons. The summed E-state index contributed by atoms with van der Waals surface area (Å²) in [5.41, 5.74) is -0.0459. The van der Waals surface area contributed by atoms with Crippen molar-refractivity contribution < 1.29 is 22.3 Å². The quantitative estimate of drug-likeness (QED) is 0.708. The molecule has 0 fully saturated rings. The van der Waals surface area contributed by atoms with Crippen molar-refractivity contribution in [3.05, 3.63) is 30.4 Å². The average molecular weight is 271 g/mol. The van der Waals surface area contributed by atoms with Gasteiger partial charge in [-0.2, -0.15) is 18.2 Å². The summed E-state index contributed by atoms with van der Waals surface area (Å²) in [6.07, 6.45) is -1.47. The zero-order valence-electron chi connectivity index (χ0n) is 9.00. The number of hydrogen-bond donors (Lipinski definition) is 0. The molecule has 0 amide bonds. The van der Waals surface area contributed by atoms with Crippen LogP contribution in [0.1, 0.15) is 5.89 Å². The van der Waals surface area contributed by atoms with E-state index in [1.165, 1.54) is 4.57 Å². The van der Waals surface area contributed by atoms with Crippen LogP contribution in [0.4, 0.5) is 13.2 Å². The monoisotopic (exact) mass is 271 g/mol. The van der Waals surface area contributed by atoms with E-state index in [1.54, 1.807) is 24.5 Å². The minimum atomic E-state index is -4.71. The third-order valence-corrected chi connectivity index (χ3v) is 2.20. The van der Waals surface area contributed by atoms with Gasteiger partial charge in [-0.15, -0.1) is 0 Å². The standard InChI is InChI=1S/C9H4F3N5O2/c10-9(11,12)8-13-6(15-18-8)5-7(16-19-14-5)17-3-1-2-4-17/h1-4H. The second kappa shape index (κ2) is 3.93. The molecule has 0 aliphatic heterocycles. The summed E-state index contributed by atoms with van der Waals surface area (Å²) < 4.78 is 47.2. The van der Waals surface area contributed by atoms with Crippen LogP contribution in [0.3, 0.4) is 0 Å². The van der Waals surface area contributed by atoms with Crippen LogP contribution >= 0.6 is 0 Å². The molecule has 0 aliphatic carbocycles. The van der Waals surface area contributed by atoms with Gasteiger partial charge in [-0.25, -0.2) is 4.63 Å². The Morgan fingerprint density at radius 3 is 2.42 bits per heavy atom. The number of alkyl halides is 3. The zero-order valence-corrected chi connectivity index (χ0v) is 9.00. The molecule has 0 unspecified atom stereocenters. The van der Waals surface area contributed by atoms with E-state index >= 15 is 0 Å². The van der Waals surface area contributed by atoms with Crippen LogP contribution in [0.2, 0.25) is 0 Å². The highest BCUT2D eigenvalue weighted by Crippen LogP contribution is 2.30. The van der Waals surface area contributed by atoms with Gasteiger partial charge in [-0.1, -0.05) is 5.16 Å². The second-order valence-electron chi connectivity index (χ2n) is 3.45. The topological polar surface area (TPSA) is 82.8 Å². The minimum absolute atomic E-state index is 0.0459. The van der Waals surface area contributed by atoms with Crippen LogP contribution in [0, 0.1) is 0 Å². The molecule has 0 bridgehead atoms. The highest BCUT2D eigenvalue weighted by atomic mass is 19.4. The Balaban J connectivity index is 2.04. The smallest absolute Gasteiger partial charge is 0.329 e. The van der Waals surface area contributed by atoms with Crippen molar-refractivity contribution >= 4 is 0 Å². The molecule has 98 valence electrons. The Morgan fingerprint density at radius 2 is 1.79 bits per heavy atom. The van der Waals surface area contributed by atoms with Gasteiger partial charge in [0, 0.05) is 12.4 Å². The molecule has 0 aromatic carbocycles. The van der Waals surface area contributed by atoms with Crippen molar-refractivity contribution in [1.29, 1.82) is 0 Å². The normalized spacial score (nSPS) is 11.9. The summed E-state index contributed by atoms with van der Waals surface area (Å²) in [5.74, 6) is -1.64. The molecule has 0 atom stereocenters. The SMILES string of the molecule is FC(F)(F)c1nc(-c2nonc2-n2cccc2)no1. The molecule has 3 heterocycles. The molecule has 0 saturated carbocycles. The van der Waals surface area contributed by atoms with Gasteiger partial charge in [0.05, 0.1) is 0 Å². The lowest BCUT2D eigenvalue weighted by molar-refractivity contribution is -0.159. The van der Waals surface area contributed by atoms with Gasteiger partial charge in [-0.05, 0) is 22.4 Å². The fourth-order valence-electron chi connectivity index (χ4n) is 1.40. The Labute approximate surface area is 102 Å². The number of nitrogens with zero attached hydrogens (tertiary/aromatic N) is 5. The number of rotatable bonds is 2. The predicted octanol–water partition coefficient (Wildman–Crippen LogP) is 1.93. The van der Waals surface area contributed by atoms with Crippen molar-refractivity contribution in [3.8, 4) is 17.3 Å². The highest BCUT2D eigenvalue weighted by Gasteiger charge is 2.39. The maximum absolute atomic E-state index is 12.4. The highest BCUT2D eigenvalue weighted by molar-refractivity contribution is 5.57. The number of halogens is 3. The molecule has 0 aliphatic rings. The summed E-state index contributed by atoms with van der Waals surface area (Å²) in [5, 5.41) is 10.3. The van der Waals surface area contributed by atoms with Crippen LogP contribution in [-0.4, -0.2) is 25.0 Å². The Bertz CT molecular complexity index is 685. The van der Waals surface area contributed by atoms with E-state index in [-0.39, 0.29) is 17.3 Å². The van der Waals surface area contributed by atoms with Crippen molar-refractivity contribution in [3.63, 3.8) is 0 Å². The largest absolute Gasteiger partial charge is 0.471 e. The van der Waals surface area contributed by atoms with E-state index < -0.39 is 12.1 Å². The Hall–Kier alpha value is -2.65. The number of aromatic nitrogens is 5. The van der Waals surface area contributed by atoms with E-state index in [0.29, 0.717) is 0 Å². The van der Waals surface area contributed by atoms with Gasteiger partial charge < -0.3 is 9.09 Å². The van der Waals surface area contributed by atoms with Gasteiger partial charge >= 0.3 is 12.1 Å². The lowest BCUT2D eigenvalue weighted by Gasteiger charge is -1.96. The lowest BCUT2D eigenvalue weighted by Crippen LogP contribution is -2.05. The third kappa shape index (κ3) is 1.96. The maximum atomic E-state index is 12.4. The first-order valence-electron chi connectivity index (χ1n) is 4.93. The number of hydrogen-bond acceptors (Lipinski definition) is 6. The summed E-state index contributed by atoms with van der Waals surface area (Å²) >= 11 is 0. The first-order valence-corrected chi connectivity index (χ1v) is 4.93. The molecule has 10 heteroatoms. The van der Waals surface area contributed by atoms with Gasteiger partial charge in [0.1, 0.15) is 0 Å². The van der Waals surface area contributed by atoms with Crippen molar-refractivity contribution in [2.45, 2.75) is 6.18 Å². The van der Waals surface area contributed by atoms with Crippen molar-refractivity contribution in [1.82, 2.24) is 25.0 Å². The van der Waals surface area contributed by atoms with Crippen LogP contribution in [0.5, 0.6) is 0 Å². The predicted molar refractivity (Wildman–Crippen MR) is 51.9 cm³/mol. The Morgan fingerprint density at radius 1 is 1.05 bits per heavy atom. The minimum Gasteiger partial charge on any atom is -0.329 e. The molecule has 7 nitrogen and oxygen atoms in total. The van der Waals surface area contributed by atoms with Gasteiger partial charge in [0.2, 0.25) is 17.3 Å². The van der Waals surface area contributed by atoms with E-state index in [2.05, 4.69) is 29.6 Å². The molecule has 3 aromatic heterocycles. The van der Waals surface area contributed by atoms with E-state index in [1.807, 2.05) is 0 Å². The fraction of sp³-hybridized carbons (Fsp3) is 0.111. The van der Waals surface area contributed by atoms with E-state index in [9.17, 15) is 13.2 Å². The van der Waals surface area contributed by atoms with Crippen LogP contribution in [-0.2, 0) is 6.18 Å². The second-order valence-corrected chi connectivity index (χ2v) is 3.45. The van der Waals surface area contributed by atoms with Crippen molar-refractivity contribution in [2.24, 2.45) is 0 Å². The van der Waals surface area contributed by atoms with E-state index in [4.69, 9.17) is 0 Å². The van der Waals surface area contributed by atoms with Gasteiger partial charge in [0.25, 0.3) is 0 Å². The average Bonchev–Trinajstić information content (AvgIpc) is 3.09. The molecule has 0 N–H and O–H groups in total. The summed E-state index contributed by atoms with van der Waals surface area (Å²) in [4.78, 5) is 3.22. The summed E-state index contributed by atoms with van der Waals surface area (Å²) in [7, 11) is 0. The summed E-state index contributed by atoms with van der Waals surface area (Å²) in [6, 6.07) is 3.41. The van der Waals surface area contributed by atoms with Crippen LogP contribution in [0.25, 0.3) is 17.3 Å². The van der Waals surface area contributed by atoms with Crippen LogP contribution in [0.15, 0.2) is 33.7 Å². The molecule has 3 rings (SSSR count). The maximum Gasteiger partial charge on any atom is 0.471 e. The van der Waals surface area contributed by atoms with E-state index in [0.717, 1.165) is 0 Å². The zero-order chi connectivity index (χ0) is 13.5. The molecular formula is C9H4F3N5O2. The molecule has 3 aromatic rings. The fourth-order valence-corrected chi connectivity index (χ4v) is 1.40. The molecule has 0 spiro atoms. The van der Waals surface area contributed by atoms with Gasteiger partial charge in [-0.3, -0.25) is 0 Å². The third-order valence-electron chi connectivity index (χ3n) is 2.20. The summed E-state index contributed by atoms with van der Waals surface area (Å²) in [6.45, 7) is 0. The Kier molecular flexibility index (Phi) is 2.37. The lowest BCUT2D eigenvalue weighted by atomic mass is 10.4. The molecular weight excluding hydrogens is 267 g/mol. The van der Waals surface area contributed by atoms with Gasteiger partial charge in [0.15, 0.2) is 0 Å². The molecule has 0 saturated heterocycles.